The van der Waals surface area contributed by atoms with Crippen molar-refractivity contribution in [3.63, 3.8) is 0 Å². The first kappa shape index (κ1) is 17.8. The molecule has 1 saturated heterocycles. The fourth-order valence-electron chi connectivity index (χ4n) is 2.84. The molecular weight excluding hydrogens is 382 g/mol. The summed E-state index contributed by atoms with van der Waals surface area (Å²) in [6.45, 7) is 7.60. The van der Waals surface area contributed by atoms with Crippen molar-refractivity contribution in [2.75, 3.05) is 42.9 Å². The van der Waals surface area contributed by atoms with Gasteiger partial charge in [0.2, 0.25) is 5.91 Å². The smallest absolute Gasteiger partial charge is 0.248 e. The summed E-state index contributed by atoms with van der Waals surface area (Å²) < 4.78 is 5.97. The van der Waals surface area contributed by atoms with E-state index in [4.69, 9.17) is 4.42 Å². The minimum atomic E-state index is -0.183. The van der Waals surface area contributed by atoms with Gasteiger partial charge in [-0.1, -0.05) is 6.92 Å². The third-order valence-electron chi connectivity index (χ3n) is 4.31. The second kappa shape index (κ2) is 8.36. The summed E-state index contributed by atoms with van der Waals surface area (Å²) in [5.74, 6) is 0.445. The number of hydrogen-bond donors (Lipinski definition) is 1. The maximum atomic E-state index is 12.0. The Hall–Kier alpha value is -2.05. The molecule has 1 fully saturated rings. The highest BCUT2D eigenvalue weighted by Crippen LogP contribution is 2.20. The van der Waals surface area contributed by atoms with Crippen molar-refractivity contribution in [2.24, 2.45) is 0 Å². The van der Waals surface area contributed by atoms with Crippen molar-refractivity contribution in [3.8, 4) is 0 Å². The number of hydrogen-bond acceptors (Lipinski definition) is 4. The van der Waals surface area contributed by atoms with Crippen LogP contribution in [0.4, 0.5) is 11.4 Å². The Labute approximate surface area is 156 Å². The number of halogens is 1. The van der Waals surface area contributed by atoms with E-state index < -0.39 is 0 Å². The molecule has 132 valence electrons. The van der Waals surface area contributed by atoms with E-state index in [-0.39, 0.29) is 5.91 Å². The van der Waals surface area contributed by atoms with Crippen LogP contribution in [0.5, 0.6) is 0 Å². The van der Waals surface area contributed by atoms with Gasteiger partial charge in [-0.3, -0.25) is 4.79 Å². The van der Waals surface area contributed by atoms with Gasteiger partial charge in [0.1, 0.15) is 5.76 Å². The predicted molar refractivity (Wildman–Crippen MR) is 105 cm³/mol. The van der Waals surface area contributed by atoms with E-state index in [1.54, 1.807) is 18.2 Å². The molecule has 2 heterocycles. The molecule has 1 amide bonds. The average Bonchev–Trinajstić information content (AvgIpc) is 3.06. The number of nitrogens with zero attached hydrogens (tertiary/aromatic N) is 2. The lowest BCUT2D eigenvalue weighted by Gasteiger charge is -2.35. The number of nitrogens with one attached hydrogen (secondary N) is 1. The predicted octanol–water partition coefficient (Wildman–Crippen LogP) is 3.84. The maximum Gasteiger partial charge on any atom is 0.248 e. The van der Waals surface area contributed by atoms with E-state index in [0.29, 0.717) is 10.4 Å². The van der Waals surface area contributed by atoms with Crippen LogP contribution >= 0.6 is 15.9 Å². The van der Waals surface area contributed by atoms with Crippen molar-refractivity contribution in [2.45, 2.75) is 6.92 Å². The molecule has 5 nitrogen and oxygen atoms in total. The zero-order valence-electron chi connectivity index (χ0n) is 14.2. The highest BCUT2D eigenvalue weighted by molar-refractivity contribution is 9.10. The zero-order chi connectivity index (χ0) is 17.6. The molecular formula is C19H22BrN3O2. The monoisotopic (exact) mass is 403 g/mol. The lowest BCUT2D eigenvalue weighted by atomic mass is 10.2. The number of rotatable bonds is 5. The molecule has 1 aliphatic rings. The van der Waals surface area contributed by atoms with E-state index in [0.717, 1.165) is 38.4 Å². The maximum absolute atomic E-state index is 12.0. The summed E-state index contributed by atoms with van der Waals surface area (Å²) in [4.78, 5) is 16.8. The molecule has 0 radical (unpaired) electrons. The van der Waals surface area contributed by atoms with Gasteiger partial charge in [0, 0.05) is 43.6 Å². The second-order valence-electron chi connectivity index (χ2n) is 5.93. The van der Waals surface area contributed by atoms with E-state index in [9.17, 15) is 4.79 Å². The SMILES string of the molecule is CCN1CCN(c2ccc(NC(=O)/C=C/c3ccc(Br)o3)cc2)CC1. The normalized spacial score (nSPS) is 15.7. The molecule has 1 aromatic carbocycles. The molecule has 1 N–H and O–H groups in total. The largest absolute Gasteiger partial charge is 0.450 e. The Morgan fingerprint density at radius 2 is 1.88 bits per heavy atom. The summed E-state index contributed by atoms with van der Waals surface area (Å²) in [7, 11) is 0. The van der Waals surface area contributed by atoms with Crippen LogP contribution in [0.2, 0.25) is 0 Å². The lowest BCUT2D eigenvalue weighted by Crippen LogP contribution is -2.46. The quantitative estimate of drug-likeness (QED) is 0.770. The van der Waals surface area contributed by atoms with E-state index in [1.165, 1.54) is 11.8 Å². The van der Waals surface area contributed by atoms with Crippen LogP contribution in [0.3, 0.4) is 0 Å². The molecule has 3 rings (SSSR count). The average molecular weight is 404 g/mol. The number of carbonyl (C=O) groups is 1. The van der Waals surface area contributed by atoms with E-state index in [1.807, 2.05) is 12.1 Å². The molecule has 25 heavy (non-hydrogen) atoms. The third kappa shape index (κ3) is 4.96. The summed E-state index contributed by atoms with van der Waals surface area (Å²) in [5, 5.41) is 2.86. The Kier molecular flexibility index (Phi) is 5.94. The number of furan rings is 1. The van der Waals surface area contributed by atoms with Gasteiger partial charge in [0.05, 0.1) is 0 Å². The van der Waals surface area contributed by atoms with Crippen LogP contribution in [0.25, 0.3) is 6.08 Å². The van der Waals surface area contributed by atoms with Crippen molar-refractivity contribution in [3.05, 3.63) is 52.9 Å². The molecule has 0 unspecified atom stereocenters. The van der Waals surface area contributed by atoms with Gasteiger partial charge in [-0.25, -0.2) is 0 Å². The summed E-state index contributed by atoms with van der Waals surface area (Å²) in [5.41, 5.74) is 1.98. The Morgan fingerprint density at radius 3 is 2.48 bits per heavy atom. The molecule has 0 saturated carbocycles. The lowest BCUT2D eigenvalue weighted by molar-refractivity contribution is -0.111. The molecule has 1 aliphatic heterocycles. The fraction of sp³-hybridized carbons (Fsp3) is 0.316. The van der Waals surface area contributed by atoms with Gasteiger partial charge in [-0.05, 0) is 64.9 Å². The summed E-state index contributed by atoms with van der Waals surface area (Å²) >= 11 is 3.23. The number of likely N-dealkylation sites (N-methyl/N-ethyl adjacent to an activating group) is 1. The zero-order valence-corrected chi connectivity index (χ0v) is 15.8. The Balaban J connectivity index is 1.53. The minimum Gasteiger partial charge on any atom is -0.450 e. The standard InChI is InChI=1S/C19H22BrN3O2/c1-2-22-11-13-23(14-12-22)16-5-3-15(4-6-16)21-19(24)10-8-17-7-9-18(20)25-17/h3-10H,2,11-14H2,1H3,(H,21,24)/b10-8+. The fourth-order valence-corrected chi connectivity index (χ4v) is 3.16. The van der Waals surface area contributed by atoms with Crippen LogP contribution < -0.4 is 10.2 Å². The van der Waals surface area contributed by atoms with Crippen molar-refractivity contribution in [1.82, 2.24) is 4.90 Å². The van der Waals surface area contributed by atoms with Crippen molar-refractivity contribution in [1.29, 1.82) is 0 Å². The van der Waals surface area contributed by atoms with E-state index >= 15 is 0 Å². The number of benzene rings is 1. The summed E-state index contributed by atoms with van der Waals surface area (Å²) in [6, 6.07) is 11.6. The molecule has 2 aromatic rings. The van der Waals surface area contributed by atoms with Crippen LogP contribution in [0, 0.1) is 0 Å². The highest BCUT2D eigenvalue weighted by Gasteiger charge is 2.15. The van der Waals surface area contributed by atoms with Crippen LogP contribution in [-0.4, -0.2) is 43.5 Å². The first-order valence-corrected chi connectivity index (χ1v) is 9.25. The second-order valence-corrected chi connectivity index (χ2v) is 6.71. The van der Waals surface area contributed by atoms with Crippen LogP contribution in [0.15, 0.2) is 51.6 Å². The molecule has 0 bridgehead atoms. The van der Waals surface area contributed by atoms with Gasteiger partial charge >= 0.3 is 0 Å². The van der Waals surface area contributed by atoms with Gasteiger partial charge < -0.3 is 19.5 Å². The molecule has 1 aromatic heterocycles. The number of piperazine rings is 1. The van der Waals surface area contributed by atoms with Gasteiger partial charge in [-0.15, -0.1) is 0 Å². The van der Waals surface area contributed by atoms with Crippen LogP contribution in [-0.2, 0) is 4.79 Å². The Bertz CT molecular complexity index is 731. The Morgan fingerprint density at radius 1 is 1.16 bits per heavy atom. The first-order valence-electron chi connectivity index (χ1n) is 8.46. The topological polar surface area (TPSA) is 48.7 Å². The van der Waals surface area contributed by atoms with Gasteiger partial charge in [-0.2, -0.15) is 0 Å². The molecule has 0 spiro atoms. The third-order valence-corrected chi connectivity index (χ3v) is 4.74. The summed E-state index contributed by atoms with van der Waals surface area (Å²) in [6.07, 6.45) is 3.10. The van der Waals surface area contributed by atoms with Crippen LogP contribution in [0.1, 0.15) is 12.7 Å². The molecule has 0 aliphatic carbocycles. The first-order chi connectivity index (χ1) is 12.1. The molecule has 6 heteroatoms. The minimum absolute atomic E-state index is 0.183. The molecule has 0 atom stereocenters. The number of carbonyl (C=O) groups excluding carboxylic acids is 1. The van der Waals surface area contributed by atoms with Crippen molar-refractivity contribution < 1.29 is 9.21 Å². The number of anilines is 2. The van der Waals surface area contributed by atoms with Gasteiger partial charge in [0.15, 0.2) is 4.67 Å². The van der Waals surface area contributed by atoms with Crippen molar-refractivity contribution >= 4 is 39.3 Å². The highest BCUT2D eigenvalue weighted by atomic mass is 79.9. The van der Waals surface area contributed by atoms with Gasteiger partial charge in [0.25, 0.3) is 0 Å². The van der Waals surface area contributed by atoms with E-state index in [2.05, 4.69) is 50.1 Å². The number of amides is 1.